The van der Waals surface area contributed by atoms with Crippen LogP contribution in [-0.4, -0.2) is 54.7 Å². The van der Waals surface area contributed by atoms with Gasteiger partial charge in [0.1, 0.15) is 0 Å². The van der Waals surface area contributed by atoms with Crippen molar-refractivity contribution in [3.05, 3.63) is 29.3 Å². The number of nitrogens with one attached hydrogen (secondary N) is 1. The number of aryl methyl sites for hydroxylation is 1. The average molecular weight is 333 g/mol. The van der Waals surface area contributed by atoms with E-state index in [0.717, 1.165) is 24.9 Å². The van der Waals surface area contributed by atoms with E-state index >= 15 is 0 Å². The van der Waals surface area contributed by atoms with Crippen molar-refractivity contribution in [2.45, 2.75) is 25.8 Å². The lowest BCUT2D eigenvalue weighted by Crippen LogP contribution is -2.49. The van der Waals surface area contributed by atoms with Gasteiger partial charge in [-0.25, -0.2) is 4.98 Å². The zero-order valence-corrected chi connectivity index (χ0v) is 14.3. The van der Waals surface area contributed by atoms with Crippen molar-refractivity contribution in [3.8, 4) is 0 Å². The highest BCUT2D eigenvalue weighted by molar-refractivity contribution is 7.18. The first-order valence-electron chi connectivity index (χ1n) is 8.18. The number of benzene rings is 1. The highest BCUT2D eigenvalue weighted by atomic mass is 32.1. The number of aromatic nitrogens is 1. The highest BCUT2D eigenvalue weighted by Crippen LogP contribution is 2.22. The van der Waals surface area contributed by atoms with E-state index in [9.17, 15) is 4.79 Å². The van der Waals surface area contributed by atoms with Gasteiger partial charge in [0.15, 0.2) is 0 Å². The molecule has 1 aliphatic rings. The Kier molecular flexibility index (Phi) is 5.59. The van der Waals surface area contributed by atoms with Gasteiger partial charge in [0.2, 0.25) is 5.91 Å². The van der Waals surface area contributed by atoms with Crippen molar-refractivity contribution in [1.29, 1.82) is 0 Å². The fourth-order valence-electron chi connectivity index (χ4n) is 2.73. The molecule has 124 valence electrons. The molecule has 1 unspecified atom stereocenters. The van der Waals surface area contributed by atoms with Gasteiger partial charge in [-0.05, 0) is 32.0 Å². The number of fused-ring (bicyclic) bond motifs is 1. The van der Waals surface area contributed by atoms with Gasteiger partial charge in [0, 0.05) is 19.5 Å². The molecule has 0 spiro atoms. The Morgan fingerprint density at radius 1 is 1.39 bits per heavy atom. The van der Waals surface area contributed by atoms with Crippen LogP contribution < -0.4 is 5.32 Å². The molecule has 2 aromatic rings. The number of hydrogen-bond donors (Lipinski definition) is 1. The second-order valence-electron chi connectivity index (χ2n) is 5.79. The van der Waals surface area contributed by atoms with Gasteiger partial charge in [-0.1, -0.05) is 12.1 Å². The summed E-state index contributed by atoms with van der Waals surface area (Å²) in [5.41, 5.74) is 1.08. The predicted molar refractivity (Wildman–Crippen MR) is 92.8 cm³/mol. The Labute approximate surface area is 140 Å². The topological polar surface area (TPSA) is 54.5 Å². The predicted octanol–water partition coefficient (Wildman–Crippen LogP) is 2.07. The lowest BCUT2D eigenvalue weighted by atomic mass is 10.2. The summed E-state index contributed by atoms with van der Waals surface area (Å²) in [6, 6.07) is 8.09. The second-order valence-corrected chi connectivity index (χ2v) is 6.91. The highest BCUT2D eigenvalue weighted by Gasteiger charge is 2.21. The molecule has 1 aromatic carbocycles. The Balaban J connectivity index is 1.41. The molecule has 5 nitrogen and oxygen atoms in total. The standard InChI is InChI=1S/C17H23N3O2S/c1-13(17(21)20-9-11-22-12-10-20)18-8-4-7-16-19-14-5-2-3-6-15(14)23-16/h2-3,5-6,13,18H,4,7-12H2,1H3. The average Bonchev–Trinajstić information content (AvgIpc) is 3.01. The summed E-state index contributed by atoms with van der Waals surface area (Å²) in [6.45, 7) is 5.47. The summed E-state index contributed by atoms with van der Waals surface area (Å²) in [4.78, 5) is 18.8. The zero-order valence-electron chi connectivity index (χ0n) is 13.5. The quantitative estimate of drug-likeness (QED) is 0.822. The molecule has 0 aliphatic carbocycles. The van der Waals surface area contributed by atoms with E-state index in [2.05, 4.69) is 22.4 Å². The number of ether oxygens (including phenoxy) is 1. The lowest BCUT2D eigenvalue weighted by molar-refractivity contribution is -0.137. The van der Waals surface area contributed by atoms with Crippen molar-refractivity contribution < 1.29 is 9.53 Å². The van der Waals surface area contributed by atoms with Crippen molar-refractivity contribution in [3.63, 3.8) is 0 Å². The maximum atomic E-state index is 12.3. The molecule has 3 rings (SSSR count). The molecule has 2 heterocycles. The van der Waals surface area contributed by atoms with Gasteiger partial charge in [0.05, 0.1) is 34.5 Å². The van der Waals surface area contributed by atoms with Crippen LogP contribution in [-0.2, 0) is 16.0 Å². The first-order chi connectivity index (χ1) is 11.2. The van der Waals surface area contributed by atoms with E-state index < -0.39 is 0 Å². The molecule has 6 heteroatoms. The van der Waals surface area contributed by atoms with Gasteiger partial charge in [-0.2, -0.15) is 0 Å². The van der Waals surface area contributed by atoms with Crippen molar-refractivity contribution in [2.24, 2.45) is 0 Å². The first kappa shape index (κ1) is 16.4. The number of carbonyl (C=O) groups is 1. The maximum absolute atomic E-state index is 12.3. The molecule has 1 atom stereocenters. The van der Waals surface area contributed by atoms with Crippen LogP contribution in [0.4, 0.5) is 0 Å². The van der Waals surface area contributed by atoms with Gasteiger partial charge < -0.3 is 15.0 Å². The number of para-hydroxylation sites is 1. The molecule has 23 heavy (non-hydrogen) atoms. The Morgan fingerprint density at radius 2 is 2.17 bits per heavy atom. The van der Waals surface area contributed by atoms with Crippen LogP contribution in [0.15, 0.2) is 24.3 Å². The minimum Gasteiger partial charge on any atom is -0.378 e. The Hall–Kier alpha value is -1.50. The van der Waals surface area contributed by atoms with Crippen LogP contribution in [0, 0.1) is 0 Å². The van der Waals surface area contributed by atoms with Gasteiger partial charge in [-0.15, -0.1) is 11.3 Å². The molecule has 1 saturated heterocycles. The van der Waals surface area contributed by atoms with Gasteiger partial charge in [0.25, 0.3) is 0 Å². The van der Waals surface area contributed by atoms with E-state index in [4.69, 9.17) is 4.74 Å². The third-order valence-electron chi connectivity index (χ3n) is 4.05. The summed E-state index contributed by atoms with van der Waals surface area (Å²) >= 11 is 1.76. The molecule has 1 N–H and O–H groups in total. The fraction of sp³-hybridized carbons (Fsp3) is 0.529. The lowest BCUT2D eigenvalue weighted by Gasteiger charge is -2.29. The summed E-state index contributed by atoms with van der Waals surface area (Å²) in [5, 5.41) is 4.50. The van der Waals surface area contributed by atoms with E-state index in [1.807, 2.05) is 24.0 Å². The minimum atomic E-state index is -0.136. The molecule has 1 aromatic heterocycles. The van der Waals surface area contributed by atoms with Crippen molar-refractivity contribution >= 4 is 27.5 Å². The molecule has 1 fully saturated rings. The van der Waals surface area contributed by atoms with Crippen LogP contribution in [0.1, 0.15) is 18.4 Å². The van der Waals surface area contributed by atoms with E-state index in [1.165, 1.54) is 9.71 Å². The van der Waals surface area contributed by atoms with Crippen LogP contribution in [0.25, 0.3) is 10.2 Å². The van der Waals surface area contributed by atoms with Gasteiger partial charge >= 0.3 is 0 Å². The molecule has 0 saturated carbocycles. The van der Waals surface area contributed by atoms with Crippen LogP contribution >= 0.6 is 11.3 Å². The number of morpholine rings is 1. The molecule has 0 bridgehead atoms. The minimum absolute atomic E-state index is 0.136. The van der Waals surface area contributed by atoms with Crippen molar-refractivity contribution in [2.75, 3.05) is 32.8 Å². The van der Waals surface area contributed by atoms with Crippen LogP contribution in [0.5, 0.6) is 0 Å². The van der Waals surface area contributed by atoms with E-state index in [1.54, 1.807) is 11.3 Å². The third-order valence-corrected chi connectivity index (χ3v) is 5.15. The Bertz CT molecular complexity index is 619. The SMILES string of the molecule is CC(NCCCc1nc2ccccc2s1)C(=O)N1CCOCC1. The van der Waals surface area contributed by atoms with Crippen molar-refractivity contribution in [1.82, 2.24) is 15.2 Å². The first-order valence-corrected chi connectivity index (χ1v) is 9.00. The number of carbonyl (C=O) groups excluding carboxylic acids is 1. The van der Waals surface area contributed by atoms with E-state index in [0.29, 0.717) is 26.3 Å². The summed E-state index contributed by atoms with van der Waals surface area (Å²) in [7, 11) is 0. The molecule has 1 aliphatic heterocycles. The second kappa shape index (κ2) is 7.86. The number of nitrogens with zero attached hydrogens (tertiary/aromatic N) is 2. The van der Waals surface area contributed by atoms with Crippen LogP contribution in [0.2, 0.25) is 0 Å². The summed E-state index contributed by atoms with van der Waals surface area (Å²) < 4.78 is 6.52. The molecular formula is C17H23N3O2S. The van der Waals surface area contributed by atoms with Crippen LogP contribution in [0.3, 0.4) is 0 Å². The third kappa shape index (κ3) is 4.28. The molecule has 1 amide bonds. The van der Waals surface area contributed by atoms with Gasteiger partial charge in [-0.3, -0.25) is 4.79 Å². The summed E-state index contributed by atoms with van der Waals surface area (Å²) in [6.07, 6.45) is 1.94. The number of hydrogen-bond acceptors (Lipinski definition) is 5. The zero-order chi connectivity index (χ0) is 16.1. The summed E-state index contributed by atoms with van der Waals surface area (Å²) in [5.74, 6) is 0.174. The number of thiazole rings is 1. The molecule has 0 radical (unpaired) electrons. The Morgan fingerprint density at radius 3 is 2.96 bits per heavy atom. The smallest absolute Gasteiger partial charge is 0.239 e. The number of rotatable bonds is 6. The molecular weight excluding hydrogens is 310 g/mol. The fourth-order valence-corrected chi connectivity index (χ4v) is 3.74. The van der Waals surface area contributed by atoms with E-state index in [-0.39, 0.29) is 11.9 Å². The number of amides is 1. The largest absolute Gasteiger partial charge is 0.378 e. The normalized spacial score (nSPS) is 16.7. The maximum Gasteiger partial charge on any atom is 0.239 e. The monoisotopic (exact) mass is 333 g/mol.